The van der Waals surface area contributed by atoms with Crippen molar-refractivity contribution in [3.8, 4) is 0 Å². The molecule has 11 rings (SSSR count). The number of hydrogen-bond donors (Lipinski definition) is 17. The van der Waals surface area contributed by atoms with Crippen LogP contribution in [0.4, 0.5) is 14.4 Å². The fourth-order valence-corrected chi connectivity index (χ4v) is 14.2. The standard InChI is InChI=1S/C39H52N4O14.C24H49N7O9.H2/c1-20-15-26-32(33-29(43(2)39(49)56-33)35(53-26)57-36-31(46)30(45)28(40)27(17-44)54-36)55-34(20)52-25-14-13-23(41-37(47)50-18-21-9-5-3-6-10-21)16-24(25)42-38(48)51-19-22-11-7-4-8-12-22;1-30-17-19(34)21-14(5-12(29)22(39-21)36-13-3-2-9(27)4-11(13)28)37-23(17)40-24-20(35)18(33)16(15(8-32)38-24)31-10(6-25)7-26;/h3-12,20,23-36,44-46H,13-19,40H2,1-2H3,(H,41,47)(H,42,48);9-24,30-35H,2-8,25-29H2,1H3;1H/t20?,23-,24?,25-,26-,27?,28+,29?,30-,31?,32?,33?,34-,35?,36+;9-,11?,12?,13-,14-,15?,16+,17?,18-,19?,20?,21?,22-,23?,24+;/m00./s1/i;;1+2. The van der Waals surface area contributed by atoms with Gasteiger partial charge in [-0.3, -0.25) is 4.90 Å². The molecular weight excluding hydrogens is 1280 g/mol. The maximum Gasteiger partial charge on any atom is 0.410 e. The number of carbonyl (C=O) groups excluding carboxylic acids is 3. The van der Waals surface area contributed by atoms with Gasteiger partial charge in [0, 0.05) is 51.6 Å². The van der Waals surface area contributed by atoms with Gasteiger partial charge in [0.2, 0.25) is 0 Å². The van der Waals surface area contributed by atoms with Crippen LogP contribution in [0.5, 0.6) is 0 Å². The lowest BCUT2D eigenvalue weighted by atomic mass is 9.86. The van der Waals surface area contributed by atoms with Crippen molar-refractivity contribution >= 4 is 18.3 Å². The summed E-state index contributed by atoms with van der Waals surface area (Å²) in [5, 5.41) is 85.7. The van der Waals surface area contributed by atoms with Crippen molar-refractivity contribution in [2.45, 2.75) is 255 Å². The van der Waals surface area contributed by atoms with Crippen molar-refractivity contribution in [3.05, 3.63) is 71.8 Å². The third-order valence-electron chi connectivity index (χ3n) is 19.8. The van der Waals surface area contributed by atoms with Gasteiger partial charge in [-0.25, -0.2) is 14.4 Å². The SMILES string of the molecule is CC1C[C@@H]2OC(O[C@H]3OC(CO)[C@@H](N)[C@H](O)C3O)C3C(OC(=O)N3C)C2O[C@@H]1O[C@H]1CC[C@H](NC(=O)OCc2ccccc2)CC1NC(=O)OCc1ccccc1.CNC1C(O[C@H]2OC(CO)[C@@H](NC(CN)CN)[C@H](O)C2O)O[C@H]2CC(N)[C@@H](O[C@H]3CC[C@H](N)CC3N)OC2C1O.[3HH]. The van der Waals surface area contributed by atoms with Crippen LogP contribution < -0.4 is 55.7 Å². The predicted octanol–water partition coefficient (Wildman–Crippen LogP) is -4.50. The molecule has 2 aromatic carbocycles. The van der Waals surface area contributed by atoms with Gasteiger partial charge in [0.15, 0.2) is 43.8 Å². The number of fused-ring (bicyclic) bond motifs is 4. The normalized spacial score (nSPS) is 42.0. The summed E-state index contributed by atoms with van der Waals surface area (Å²) >= 11 is 0. The number of benzene rings is 2. The summed E-state index contributed by atoms with van der Waals surface area (Å²) in [7, 11) is 3.13. The van der Waals surface area contributed by atoms with Crippen LogP contribution in [0.25, 0.3) is 0 Å². The highest BCUT2D eigenvalue weighted by atomic mass is 16.8. The second-order valence-corrected chi connectivity index (χ2v) is 26.6. The van der Waals surface area contributed by atoms with E-state index in [-0.39, 0.29) is 63.9 Å². The first-order valence-electron chi connectivity index (χ1n) is 33.5. The molecule has 9 aliphatic rings. The third-order valence-corrected chi connectivity index (χ3v) is 19.8. The Morgan fingerprint density at radius 1 is 0.598 bits per heavy atom. The van der Waals surface area contributed by atoms with Crippen molar-refractivity contribution in [3.63, 3.8) is 0 Å². The Bertz CT molecular complexity index is 2790. The van der Waals surface area contributed by atoms with E-state index >= 15 is 0 Å². The Morgan fingerprint density at radius 2 is 1.18 bits per heavy atom. The molecule has 34 nitrogen and oxygen atoms in total. The van der Waals surface area contributed by atoms with E-state index in [9.17, 15) is 50.1 Å². The molecule has 548 valence electrons. The minimum Gasteiger partial charge on any atom is -0.445 e. The summed E-state index contributed by atoms with van der Waals surface area (Å²) in [5.74, 6) is -0.261. The molecule has 97 heavy (non-hydrogen) atoms. The lowest BCUT2D eigenvalue weighted by Crippen LogP contribution is -2.70. The number of hydrogen-bond acceptors (Lipinski definition) is 31. The topological polar surface area (TPSA) is 520 Å². The molecule has 7 saturated heterocycles. The van der Waals surface area contributed by atoms with E-state index < -0.39 is 185 Å². The number of alkyl carbamates (subject to hydrolysis) is 2. The average molecular weight is 1380 g/mol. The molecule has 7 heterocycles. The van der Waals surface area contributed by atoms with Crippen molar-refractivity contribution in [2.75, 3.05) is 40.4 Å². The van der Waals surface area contributed by atoms with Gasteiger partial charge in [-0.05, 0) is 69.5 Å². The van der Waals surface area contributed by atoms with E-state index in [1.54, 1.807) is 7.05 Å². The number of carbonyl (C=O) groups is 3. The first-order chi connectivity index (χ1) is 46.6. The summed E-state index contributed by atoms with van der Waals surface area (Å²) in [4.78, 5) is 40.2. The van der Waals surface area contributed by atoms with Crippen molar-refractivity contribution in [1.29, 1.82) is 0 Å². The van der Waals surface area contributed by atoms with Gasteiger partial charge in [0.25, 0.3) is 0 Å². The molecule has 9 fully saturated rings. The molecular formula is C63H103N11O23. The van der Waals surface area contributed by atoms with Crippen LogP contribution in [0, 0.1) is 5.92 Å². The highest BCUT2D eigenvalue weighted by Crippen LogP contribution is 2.43. The summed E-state index contributed by atoms with van der Waals surface area (Å²) in [6.45, 7) is 1.47. The molecule has 23 N–H and O–H groups in total. The van der Waals surface area contributed by atoms with E-state index in [0.29, 0.717) is 44.9 Å². The number of nitrogens with two attached hydrogens (primary N) is 6. The first-order valence-corrected chi connectivity index (χ1v) is 33.5. The molecule has 2 aliphatic carbocycles. The highest BCUT2D eigenvalue weighted by molar-refractivity contribution is 5.71. The Hall–Kier alpha value is -4.75. The number of aliphatic hydroxyl groups excluding tert-OH is 7. The van der Waals surface area contributed by atoms with Gasteiger partial charge in [-0.15, -0.1) is 0 Å². The van der Waals surface area contributed by atoms with Crippen LogP contribution in [0.15, 0.2) is 60.7 Å². The Labute approximate surface area is 563 Å². The van der Waals surface area contributed by atoms with E-state index in [2.05, 4.69) is 21.3 Å². The molecule has 7 aliphatic heterocycles. The molecule has 0 radical (unpaired) electrons. The maximum absolute atomic E-state index is 13.1. The van der Waals surface area contributed by atoms with Crippen LogP contribution in [-0.4, -0.2) is 283 Å². The van der Waals surface area contributed by atoms with E-state index in [1.165, 1.54) is 11.9 Å². The van der Waals surface area contributed by atoms with Gasteiger partial charge in [0.1, 0.15) is 74.2 Å². The average Bonchev–Trinajstić information content (AvgIpc) is 1.42. The number of likely N-dealkylation sites (N-methyl/N-ethyl adjacent to an activating group) is 2. The molecule has 0 bridgehead atoms. The zero-order chi connectivity index (χ0) is 69.4. The molecule has 16 unspecified atom stereocenters. The van der Waals surface area contributed by atoms with Crippen LogP contribution in [0.2, 0.25) is 0 Å². The van der Waals surface area contributed by atoms with Crippen molar-refractivity contribution in [1.82, 2.24) is 26.2 Å². The fraction of sp³-hybridized carbons (Fsp3) is 0.762. The fourth-order valence-electron chi connectivity index (χ4n) is 14.2. The summed E-state index contributed by atoms with van der Waals surface area (Å²) in [5.41, 5.74) is 37.6. The molecule has 0 spiro atoms. The first kappa shape index (κ1) is 74.9. The Balaban J connectivity index is 0.000000241. The maximum atomic E-state index is 13.1. The molecule has 30 atom stereocenters. The zero-order valence-corrected chi connectivity index (χ0v) is 54.6. The number of aliphatic hydroxyl groups is 7. The Morgan fingerprint density at radius 3 is 1.80 bits per heavy atom. The third kappa shape index (κ3) is 17.9. The number of nitrogens with one attached hydrogen (secondary N) is 4. The molecule has 2 saturated carbocycles. The van der Waals surface area contributed by atoms with Crippen LogP contribution in [0.1, 0.15) is 70.8 Å². The van der Waals surface area contributed by atoms with Crippen LogP contribution in [-0.2, 0) is 74.8 Å². The molecule has 2 aromatic rings. The van der Waals surface area contributed by atoms with E-state index in [1.807, 2.05) is 67.6 Å². The van der Waals surface area contributed by atoms with E-state index in [4.69, 9.17) is 96.0 Å². The summed E-state index contributed by atoms with van der Waals surface area (Å²) in [6, 6.07) is 13.0. The second-order valence-electron chi connectivity index (χ2n) is 26.6. The number of ether oxygens (including phenoxy) is 13. The number of rotatable bonds is 21. The van der Waals surface area contributed by atoms with Gasteiger partial charge in [0.05, 0.1) is 67.8 Å². The Kier molecular flexibility index (Phi) is 26.5. The molecule has 3 amide bonds. The summed E-state index contributed by atoms with van der Waals surface area (Å²) in [6.07, 6.45) is -18.0. The minimum absolute atomic E-state index is 0. The molecule has 0 aromatic heterocycles. The second kappa shape index (κ2) is 34.3. The monoisotopic (exact) mass is 1380 g/mol. The predicted molar refractivity (Wildman–Crippen MR) is 339 cm³/mol. The number of nitrogens with zero attached hydrogens (tertiary/aromatic N) is 1. The van der Waals surface area contributed by atoms with Crippen molar-refractivity contribution < 1.29 is 113 Å². The highest BCUT2D eigenvalue weighted by Gasteiger charge is 2.61. The van der Waals surface area contributed by atoms with Gasteiger partial charge >= 0.3 is 18.3 Å². The van der Waals surface area contributed by atoms with Gasteiger partial charge in [-0.1, -0.05) is 67.6 Å². The number of amides is 3. The van der Waals surface area contributed by atoms with E-state index in [0.717, 1.165) is 17.5 Å². The quantitative estimate of drug-likeness (QED) is 0.0524. The smallest absolute Gasteiger partial charge is 0.410 e. The van der Waals surface area contributed by atoms with Gasteiger partial charge in [-0.2, -0.15) is 0 Å². The molecule has 34 heteroatoms. The van der Waals surface area contributed by atoms with Crippen LogP contribution in [0.3, 0.4) is 0 Å². The van der Waals surface area contributed by atoms with Gasteiger partial charge < -0.3 is 153 Å². The zero-order valence-electron chi connectivity index (χ0n) is 54.6. The minimum atomic E-state index is -1.56. The largest absolute Gasteiger partial charge is 0.445 e. The summed E-state index contributed by atoms with van der Waals surface area (Å²) < 4.78 is 78.3. The van der Waals surface area contributed by atoms with Crippen LogP contribution >= 0.6 is 0 Å². The van der Waals surface area contributed by atoms with Crippen molar-refractivity contribution in [2.24, 2.45) is 40.3 Å². The lowest BCUT2D eigenvalue weighted by molar-refractivity contribution is -0.373. The lowest BCUT2D eigenvalue weighted by Gasteiger charge is -2.51.